The third-order valence-electron chi connectivity index (χ3n) is 3.55. The summed E-state index contributed by atoms with van der Waals surface area (Å²) < 4.78 is 1.54. The number of carbonyl (C=O) groups excluding carboxylic acids is 1. The maximum absolute atomic E-state index is 12.2. The quantitative estimate of drug-likeness (QED) is 0.732. The van der Waals surface area contributed by atoms with Crippen LogP contribution in [0.2, 0.25) is 0 Å². The summed E-state index contributed by atoms with van der Waals surface area (Å²) in [4.78, 5) is 27.9. The van der Waals surface area contributed by atoms with Crippen LogP contribution in [0.1, 0.15) is 21.7 Å². The zero-order valence-corrected chi connectivity index (χ0v) is 12.8. The summed E-state index contributed by atoms with van der Waals surface area (Å²) in [5, 5.41) is 13.2. The average Bonchev–Trinajstić information content (AvgIpc) is 2.97. The highest BCUT2D eigenvalue weighted by Gasteiger charge is 2.08. The Morgan fingerprint density at radius 3 is 2.78 bits per heavy atom. The molecule has 3 rings (SSSR count). The van der Waals surface area contributed by atoms with Crippen LogP contribution in [0.4, 0.5) is 0 Å². The van der Waals surface area contributed by atoms with E-state index in [2.05, 4.69) is 25.7 Å². The van der Waals surface area contributed by atoms with Crippen molar-refractivity contribution in [2.75, 3.05) is 6.54 Å². The number of amides is 1. The number of benzene rings is 1. The smallest absolute Gasteiger partial charge is 0.348 e. The van der Waals surface area contributed by atoms with E-state index < -0.39 is 0 Å². The molecule has 2 aromatic heterocycles. The Morgan fingerprint density at radius 2 is 2.00 bits per heavy atom. The van der Waals surface area contributed by atoms with Crippen LogP contribution < -0.4 is 11.0 Å². The Morgan fingerprint density at radius 1 is 1.22 bits per heavy atom. The molecule has 3 aromatic rings. The summed E-state index contributed by atoms with van der Waals surface area (Å²) in [5.41, 5.74) is 3.04. The Balaban J connectivity index is 1.66. The Labute approximate surface area is 131 Å². The van der Waals surface area contributed by atoms with Crippen LogP contribution in [-0.2, 0) is 6.54 Å². The molecule has 0 saturated carbocycles. The van der Waals surface area contributed by atoms with Crippen LogP contribution in [0, 0.1) is 13.8 Å². The molecule has 0 aliphatic carbocycles. The average molecular weight is 312 g/mol. The number of H-pyrrole nitrogens is 1. The van der Waals surface area contributed by atoms with Crippen molar-refractivity contribution in [3.63, 3.8) is 0 Å². The number of nitrogens with one attached hydrogen (secondary N) is 2. The molecule has 0 aliphatic rings. The van der Waals surface area contributed by atoms with Crippen molar-refractivity contribution in [3.05, 3.63) is 51.7 Å². The van der Waals surface area contributed by atoms with E-state index in [1.165, 1.54) is 4.57 Å². The van der Waals surface area contributed by atoms with Gasteiger partial charge in [-0.2, -0.15) is 20.4 Å². The van der Waals surface area contributed by atoms with Gasteiger partial charge >= 0.3 is 5.69 Å². The van der Waals surface area contributed by atoms with Crippen LogP contribution in [0.15, 0.2) is 29.1 Å². The van der Waals surface area contributed by atoms with Gasteiger partial charge in [0, 0.05) is 30.0 Å². The van der Waals surface area contributed by atoms with Crippen molar-refractivity contribution >= 4 is 16.9 Å². The van der Waals surface area contributed by atoms with E-state index >= 15 is 0 Å². The van der Waals surface area contributed by atoms with Gasteiger partial charge in [0.05, 0.1) is 0 Å². The minimum absolute atomic E-state index is 0.222. The molecule has 1 amide bonds. The molecule has 8 heteroatoms. The van der Waals surface area contributed by atoms with E-state index in [1.54, 1.807) is 25.1 Å². The van der Waals surface area contributed by atoms with Crippen molar-refractivity contribution in [1.29, 1.82) is 0 Å². The number of aromatic nitrogens is 5. The molecule has 118 valence electrons. The topological polar surface area (TPSA) is 106 Å². The summed E-state index contributed by atoms with van der Waals surface area (Å²) in [5.74, 6) is -0.222. The number of rotatable bonds is 4. The second kappa shape index (κ2) is 5.99. The van der Waals surface area contributed by atoms with E-state index in [1.807, 2.05) is 13.0 Å². The van der Waals surface area contributed by atoms with Gasteiger partial charge in [0.1, 0.15) is 11.0 Å². The van der Waals surface area contributed by atoms with Gasteiger partial charge in [0.2, 0.25) is 0 Å². The van der Waals surface area contributed by atoms with Crippen LogP contribution in [0.25, 0.3) is 11.0 Å². The van der Waals surface area contributed by atoms with E-state index in [9.17, 15) is 9.59 Å². The van der Waals surface area contributed by atoms with E-state index in [0.29, 0.717) is 35.4 Å². The highest BCUT2D eigenvalue weighted by Crippen LogP contribution is 2.10. The standard InChI is InChI=1S/C15H16N6O2/c1-9-7-10(2)21(15(23)17-9)6-5-16-14(22)11-3-4-12-13(8-11)19-20-18-12/h3-4,7-8H,5-6H2,1-2H3,(H,16,22)(H,18,19,20). The summed E-state index contributed by atoms with van der Waals surface area (Å²) >= 11 is 0. The number of hydrogen-bond donors (Lipinski definition) is 2. The van der Waals surface area contributed by atoms with Gasteiger partial charge in [0.15, 0.2) is 0 Å². The molecule has 0 aliphatic heterocycles. The number of hydrogen-bond acceptors (Lipinski definition) is 5. The van der Waals surface area contributed by atoms with Crippen LogP contribution in [-0.4, -0.2) is 37.4 Å². The first-order chi connectivity index (χ1) is 11.0. The number of aromatic amines is 1. The van der Waals surface area contributed by atoms with Crippen molar-refractivity contribution in [2.24, 2.45) is 0 Å². The Kier molecular flexibility index (Phi) is 3.88. The maximum Gasteiger partial charge on any atom is 0.348 e. The third-order valence-corrected chi connectivity index (χ3v) is 3.55. The number of aryl methyl sites for hydroxylation is 2. The molecular weight excluding hydrogens is 296 g/mol. The number of fused-ring (bicyclic) bond motifs is 1. The van der Waals surface area contributed by atoms with Crippen LogP contribution in [0.5, 0.6) is 0 Å². The molecule has 0 radical (unpaired) electrons. The predicted molar refractivity (Wildman–Crippen MR) is 84.2 cm³/mol. The summed E-state index contributed by atoms with van der Waals surface area (Å²) in [6.07, 6.45) is 0. The molecule has 2 heterocycles. The third kappa shape index (κ3) is 3.10. The highest BCUT2D eigenvalue weighted by atomic mass is 16.2. The molecule has 23 heavy (non-hydrogen) atoms. The first kappa shape index (κ1) is 14.9. The predicted octanol–water partition coefficient (Wildman–Crippen LogP) is 0.561. The van der Waals surface area contributed by atoms with Crippen molar-refractivity contribution < 1.29 is 4.79 Å². The van der Waals surface area contributed by atoms with Gasteiger partial charge in [-0.1, -0.05) is 0 Å². The number of nitrogens with zero attached hydrogens (tertiary/aromatic N) is 4. The van der Waals surface area contributed by atoms with Crippen molar-refractivity contribution in [2.45, 2.75) is 20.4 Å². The zero-order chi connectivity index (χ0) is 16.4. The molecular formula is C15H16N6O2. The largest absolute Gasteiger partial charge is 0.350 e. The van der Waals surface area contributed by atoms with E-state index in [0.717, 1.165) is 5.69 Å². The van der Waals surface area contributed by atoms with Crippen LogP contribution in [0.3, 0.4) is 0 Å². The molecule has 0 atom stereocenters. The first-order valence-electron chi connectivity index (χ1n) is 7.18. The number of carbonyl (C=O) groups is 1. The minimum atomic E-state index is -0.305. The van der Waals surface area contributed by atoms with Crippen molar-refractivity contribution in [1.82, 2.24) is 30.3 Å². The monoisotopic (exact) mass is 312 g/mol. The SMILES string of the molecule is Cc1cc(C)n(CCNC(=O)c2ccc3n[nH]nc3c2)c(=O)n1. The lowest BCUT2D eigenvalue weighted by Gasteiger charge is -2.10. The molecule has 0 unspecified atom stereocenters. The van der Waals surface area contributed by atoms with Crippen molar-refractivity contribution in [3.8, 4) is 0 Å². The van der Waals surface area contributed by atoms with Gasteiger partial charge in [-0.05, 0) is 38.1 Å². The molecule has 0 fully saturated rings. The fourth-order valence-corrected chi connectivity index (χ4v) is 2.41. The van der Waals surface area contributed by atoms with Gasteiger partial charge < -0.3 is 5.32 Å². The highest BCUT2D eigenvalue weighted by molar-refractivity contribution is 5.97. The molecule has 1 aromatic carbocycles. The lowest BCUT2D eigenvalue weighted by Crippen LogP contribution is -2.33. The second-order valence-corrected chi connectivity index (χ2v) is 5.26. The Bertz CT molecular complexity index is 927. The zero-order valence-electron chi connectivity index (χ0n) is 12.8. The minimum Gasteiger partial charge on any atom is -0.350 e. The van der Waals surface area contributed by atoms with Crippen LogP contribution >= 0.6 is 0 Å². The lowest BCUT2D eigenvalue weighted by molar-refractivity contribution is 0.0952. The van der Waals surface area contributed by atoms with Gasteiger partial charge in [0.25, 0.3) is 5.91 Å². The normalized spacial score (nSPS) is 10.9. The maximum atomic E-state index is 12.2. The molecule has 0 spiro atoms. The molecule has 0 bridgehead atoms. The fourth-order valence-electron chi connectivity index (χ4n) is 2.41. The first-order valence-corrected chi connectivity index (χ1v) is 7.18. The van der Waals surface area contributed by atoms with E-state index in [-0.39, 0.29) is 11.6 Å². The fraction of sp³-hybridized carbons (Fsp3) is 0.267. The van der Waals surface area contributed by atoms with E-state index in [4.69, 9.17) is 0 Å². The summed E-state index contributed by atoms with van der Waals surface area (Å²) in [7, 11) is 0. The Hall–Kier alpha value is -3.03. The summed E-state index contributed by atoms with van der Waals surface area (Å²) in [6, 6.07) is 6.91. The van der Waals surface area contributed by atoms with Gasteiger partial charge in [-0.25, -0.2) is 4.79 Å². The molecule has 2 N–H and O–H groups in total. The molecule has 8 nitrogen and oxygen atoms in total. The summed E-state index contributed by atoms with van der Waals surface area (Å²) in [6.45, 7) is 4.33. The molecule has 0 saturated heterocycles. The second-order valence-electron chi connectivity index (χ2n) is 5.26. The lowest BCUT2D eigenvalue weighted by atomic mass is 10.2. The van der Waals surface area contributed by atoms with Gasteiger partial charge in [-0.15, -0.1) is 0 Å². The van der Waals surface area contributed by atoms with Gasteiger partial charge in [-0.3, -0.25) is 9.36 Å².